The SMILES string of the molecule is Cc1ccccc1Sc1ccc(/C=C/C(=O)NCCN2CCOCC2)cc1C(F)(F)F. The van der Waals surface area contributed by atoms with Crippen molar-refractivity contribution in [2.75, 3.05) is 39.4 Å². The molecule has 0 aromatic heterocycles. The van der Waals surface area contributed by atoms with E-state index in [1.807, 2.05) is 19.1 Å². The topological polar surface area (TPSA) is 41.6 Å². The second-order valence-corrected chi connectivity index (χ2v) is 8.28. The van der Waals surface area contributed by atoms with Crippen molar-refractivity contribution in [1.29, 1.82) is 0 Å². The van der Waals surface area contributed by atoms with E-state index in [4.69, 9.17) is 4.74 Å². The number of morpholine rings is 1. The van der Waals surface area contributed by atoms with Crippen molar-refractivity contribution in [3.8, 4) is 0 Å². The van der Waals surface area contributed by atoms with Gasteiger partial charge in [0.2, 0.25) is 5.91 Å². The lowest BCUT2D eigenvalue weighted by Crippen LogP contribution is -2.41. The predicted octanol–water partition coefficient (Wildman–Crippen LogP) is 4.63. The Bertz CT molecular complexity index is 925. The molecule has 0 spiro atoms. The van der Waals surface area contributed by atoms with Crippen molar-refractivity contribution >= 4 is 23.7 Å². The summed E-state index contributed by atoms with van der Waals surface area (Å²) in [5.41, 5.74) is 0.527. The second kappa shape index (κ2) is 10.8. The summed E-state index contributed by atoms with van der Waals surface area (Å²) in [6.45, 7) is 6.10. The molecule has 31 heavy (non-hydrogen) atoms. The van der Waals surface area contributed by atoms with E-state index in [-0.39, 0.29) is 10.8 Å². The van der Waals surface area contributed by atoms with Crippen LogP contribution in [-0.2, 0) is 15.7 Å². The molecule has 1 N–H and O–H groups in total. The summed E-state index contributed by atoms with van der Waals surface area (Å²) in [5, 5.41) is 2.76. The van der Waals surface area contributed by atoms with Crippen molar-refractivity contribution in [1.82, 2.24) is 10.2 Å². The molecule has 1 saturated heterocycles. The van der Waals surface area contributed by atoms with Gasteiger partial charge < -0.3 is 10.1 Å². The number of rotatable bonds is 7. The van der Waals surface area contributed by atoms with Crippen LogP contribution in [0, 0.1) is 6.92 Å². The van der Waals surface area contributed by atoms with Gasteiger partial charge in [-0.15, -0.1) is 0 Å². The fourth-order valence-corrected chi connectivity index (χ4v) is 4.18. The third kappa shape index (κ3) is 7.12. The van der Waals surface area contributed by atoms with Gasteiger partial charge >= 0.3 is 6.18 Å². The molecule has 166 valence electrons. The number of halogens is 3. The molecule has 2 aromatic rings. The first-order valence-corrected chi connectivity index (χ1v) is 10.9. The molecule has 1 fully saturated rings. The highest BCUT2D eigenvalue weighted by molar-refractivity contribution is 7.99. The van der Waals surface area contributed by atoms with Crippen LogP contribution in [0.2, 0.25) is 0 Å². The molecule has 0 atom stereocenters. The summed E-state index contributed by atoms with van der Waals surface area (Å²) in [5.74, 6) is -0.333. The smallest absolute Gasteiger partial charge is 0.379 e. The predicted molar refractivity (Wildman–Crippen MR) is 116 cm³/mol. The number of nitrogens with zero attached hydrogens (tertiary/aromatic N) is 1. The van der Waals surface area contributed by atoms with E-state index in [1.54, 1.807) is 18.2 Å². The maximum Gasteiger partial charge on any atom is 0.417 e. The average Bonchev–Trinajstić information content (AvgIpc) is 2.74. The Morgan fingerprint density at radius 1 is 1.16 bits per heavy atom. The normalized spacial score (nSPS) is 15.4. The van der Waals surface area contributed by atoms with Crippen LogP contribution in [0.3, 0.4) is 0 Å². The monoisotopic (exact) mass is 450 g/mol. The minimum Gasteiger partial charge on any atom is -0.379 e. The molecule has 0 radical (unpaired) electrons. The van der Waals surface area contributed by atoms with E-state index in [9.17, 15) is 18.0 Å². The van der Waals surface area contributed by atoms with Gasteiger partial charge in [-0.1, -0.05) is 36.0 Å². The Hall–Kier alpha value is -2.29. The third-order valence-electron chi connectivity index (χ3n) is 4.88. The number of carbonyl (C=O) groups excluding carboxylic acids is 1. The first-order valence-electron chi connectivity index (χ1n) is 10.0. The number of hydrogen-bond donors (Lipinski definition) is 1. The summed E-state index contributed by atoms with van der Waals surface area (Å²) in [4.78, 5) is 15.1. The summed E-state index contributed by atoms with van der Waals surface area (Å²) in [7, 11) is 0. The van der Waals surface area contributed by atoms with Crippen molar-refractivity contribution in [2.24, 2.45) is 0 Å². The number of carbonyl (C=O) groups is 1. The standard InChI is InChI=1S/C23H25F3N2O2S/c1-17-4-2-3-5-20(17)31-21-8-6-18(16-19(21)23(24,25)26)7-9-22(29)27-10-11-28-12-14-30-15-13-28/h2-9,16H,10-15H2,1H3,(H,27,29)/b9-7+. The van der Waals surface area contributed by atoms with Gasteiger partial charge in [0.15, 0.2) is 0 Å². The number of alkyl halides is 3. The van der Waals surface area contributed by atoms with Gasteiger partial charge in [-0.2, -0.15) is 13.2 Å². The fraction of sp³-hybridized carbons (Fsp3) is 0.348. The number of amides is 1. The molecule has 1 aliphatic rings. The van der Waals surface area contributed by atoms with Crippen LogP contribution in [0.4, 0.5) is 13.2 Å². The molecular weight excluding hydrogens is 425 g/mol. The molecule has 4 nitrogen and oxygen atoms in total. The fourth-order valence-electron chi connectivity index (χ4n) is 3.14. The molecule has 1 heterocycles. The second-order valence-electron chi connectivity index (χ2n) is 7.20. The van der Waals surface area contributed by atoms with E-state index in [1.165, 1.54) is 18.2 Å². The molecule has 8 heteroatoms. The molecule has 0 unspecified atom stereocenters. The lowest BCUT2D eigenvalue weighted by atomic mass is 10.1. The largest absolute Gasteiger partial charge is 0.417 e. The average molecular weight is 451 g/mol. The van der Waals surface area contributed by atoms with E-state index in [2.05, 4.69) is 10.2 Å². The Morgan fingerprint density at radius 2 is 1.90 bits per heavy atom. The summed E-state index contributed by atoms with van der Waals surface area (Å²) < 4.78 is 46.2. The first-order chi connectivity index (χ1) is 14.8. The van der Waals surface area contributed by atoms with Crippen LogP contribution in [0.25, 0.3) is 6.08 Å². The van der Waals surface area contributed by atoms with Gasteiger partial charge in [-0.3, -0.25) is 9.69 Å². The lowest BCUT2D eigenvalue weighted by molar-refractivity contribution is -0.139. The van der Waals surface area contributed by atoms with Gasteiger partial charge in [0, 0.05) is 42.0 Å². The quantitative estimate of drug-likeness (QED) is 0.625. The highest BCUT2D eigenvalue weighted by Gasteiger charge is 2.34. The minimum absolute atomic E-state index is 0.133. The molecule has 2 aromatic carbocycles. The molecule has 1 aliphatic heterocycles. The van der Waals surface area contributed by atoms with Crippen LogP contribution < -0.4 is 5.32 Å². The van der Waals surface area contributed by atoms with Crippen LogP contribution in [-0.4, -0.2) is 50.2 Å². The van der Waals surface area contributed by atoms with Crippen LogP contribution in [0.1, 0.15) is 16.7 Å². The Morgan fingerprint density at radius 3 is 2.61 bits per heavy atom. The summed E-state index contributed by atoms with van der Waals surface area (Å²) in [6.07, 6.45) is -1.82. The molecular formula is C23H25F3N2O2S. The van der Waals surface area contributed by atoms with E-state index in [0.717, 1.165) is 41.4 Å². The molecule has 0 aliphatic carbocycles. The van der Waals surface area contributed by atoms with Gasteiger partial charge in [0.25, 0.3) is 0 Å². The molecule has 1 amide bonds. The summed E-state index contributed by atoms with van der Waals surface area (Å²) in [6, 6.07) is 11.4. The zero-order valence-electron chi connectivity index (χ0n) is 17.2. The summed E-state index contributed by atoms with van der Waals surface area (Å²) >= 11 is 1.09. The lowest BCUT2D eigenvalue weighted by Gasteiger charge is -2.26. The van der Waals surface area contributed by atoms with E-state index in [0.29, 0.717) is 31.9 Å². The van der Waals surface area contributed by atoms with Crippen molar-refractivity contribution in [3.05, 3.63) is 65.2 Å². The van der Waals surface area contributed by atoms with Crippen LogP contribution in [0.5, 0.6) is 0 Å². The Labute approximate surface area is 184 Å². The highest BCUT2D eigenvalue weighted by Crippen LogP contribution is 2.40. The van der Waals surface area contributed by atoms with Crippen molar-refractivity contribution in [2.45, 2.75) is 22.9 Å². The number of hydrogen-bond acceptors (Lipinski definition) is 4. The zero-order valence-corrected chi connectivity index (χ0v) is 18.1. The van der Waals surface area contributed by atoms with Gasteiger partial charge in [0.05, 0.1) is 18.8 Å². The van der Waals surface area contributed by atoms with E-state index < -0.39 is 11.7 Å². The van der Waals surface area contributed by atoms with Gasteiger partial charge in [0.1, 0.15) is 0 Å². The number of benzene rings is 2. The first kappa shape index (κ1) is 23.4. The molecule has 3 rings (SSSR count). The molecule has 0 bridgehead atoms. The maximum absolute atomic E-state index is 13.6. The van der Waals surface area contributed by atoms with Gasteiger partial charge in [-0.05, 0) is 42.3 Å². The highest BCUT2D eigenvalue weighted by atomic mass is 32.2. The number of ether oxygens (including phenoxy) is 1. The number of aryl methyl sites for hydroxylation is 1. The Kier molecular flexibility index (Phi) is 8.17. The minimum atomic E-state index is -4.49. The Balaban J connectivity index is 1.64. The van der Waals surface area contributed by atoms with Gasteiger partial charge in [-0.25, -0.2) is 0 Å². The van der Waals surface area contributed by atoms with Crippen molar-refractivity contribution < 1.29 is 22.7 Å². The third-order valence-corrected chi connectivity index (χ3v) is 6.13. The zero-order chi connectivity index (χ0) is 22.3. The van der Waals surface area contributed by atoms with E-state index >= 15 is 0 Å². The number of nitrogens with one attached hydrogen (secondary N) is 1. The van der Waals surface area contributed by atoms with Crippen LogP contribution in [0.15, 0.2) is 58.3 Å². The maximum atomic E-state index is 13.6. The van der Waals surface area contributed by atoms with Crippen LogP contribution >= 0.6 is 11.8 Å². The molecule has 0 saturated carbocycles. The van der Waals surface area contributed by atoms with Crippen molar-refractivity contribution in [3.63, 3.8) is 0 Å².